The van der Waals surface area contributed by atoms with Gasteiger partial charge in [-0.25, -0.2) is 18.1 Å². The monoisotopic (exact) mass is 424 g/mol. The Morgan fingerprint density at radius 1 is 1.21 bits per heavy atom. The van der Waals surface area contributed by atoms with Crippen molar-refractivity contribution in [1.29, 1.82) is 0 Å². The smallest absolute Gasteiger partial charge is 0.240 e. The van der Waals surface area contributed by atoms with Crippen molar-refractivity contribution in [3.63, 3.8) is 0 Å². The van der Waals surface area contributed by atoms with E-state index in [1.807, 2.05) is 6.07 Å². The van der Waals surface area contributed by atoms with E-state index in [2.05, 4.69) is 19.9 Å². The van der Waals surface area contributed by atoms with E-state index in [9.17, 15) is 13.2 Å². The Bertz CT molecular complexity index is 915. The number of nitrogens with one attached hydrogen (secondary N) is 2. The Labute approximate surface area is 168 Å². The fraction of sp³-hybridized carbons (Fsp3) is 0.333. The number of carbonyl (C=O) groups excluding carboxylic acids is 1. The highest BCUT2D eigenvalue weighted by molar-refractivity contribution is 7.89. The van der Waals surface area contributed by atoms with Gasteiger partial charge in [-0.3, -0.25) is 4.79 Å². The lowest BCUT2D eigenvalue weighted by Gasteiger charge is -2.27. The van der Waals surface area contributed by atoms with Gasteiger partial charge in [0.15, 0.2) is 0 Å². The van der Waals surface area contributed by atoms with Gasteiger partial charge < -0.3 is 15.0 Å². The van der Waals surface area contributed by atoms with Gasteiger partial charge in [0.25, 0.3) is 0 Å². The molecule has 2 heterocycles. The summed E-state index contributed by atoms with van der Waals surface area (Å²) in [6, 6.07) is 9.54. The number of morpholine rings is 1. The predicted molar refractivity (Wildman–Crippen MR) is 107 cm³/mol. The Kier molecular flexibility index (Phi) is 6.84. The van der Waals surface area contributed by atoms with Gasteiger partial charge in [0.1, 0.15) is 5.82 Å². The first kappa shape index (κ1) is 20.5. The number of benzene rings is 1. The van der Waals surface area contributed by atoms with Crippen molar-refractivity contribution in [3.05, 3.63) is 47.6 Å². The van der Waals surface area contributed by atoms with Gasteiger partial charge in [-0.05, 0) is 30.3 Å². The van der Waals surface area contributed by atoms with Crippen LogP contribution in [-0.4, -0.2) is 52.2 Å². The van der Waals surface area contributed by atoms with Crippen LogP contribution in [0.15, 0.2) is 47.5 Å². The van der Waals surface area contributed by atoms with Crippen molar-refractivity contribution in [2.45, 2.75) is 11.3 Å². The number of amides is 1. The molecule has 1 aliphatic rings. The molecule has 0 saturated carbocycles. The van der Waals surface area contributed by atoms with Gasteiger partial charge in [0, 0.05) is 31.1 Å². The van der Waals surface area contributed by atoms with Crippen LogP contribution in [0.1, 0.15) is 6.42 Å². The highest BCUT2D eigenvalue weighted by Gasteiger charge is 2.15. The summed E-state index contributed by atoms with van der Waals surface area (Å²) in [5.41, 5.74) is 0.555. The number of sulfonamides is 1. The summed E-state index contributed by atoms with van der Waals surface area (Å²) < 4.78 is 32.1. The predicted octanol–water partition coefficient (Wildman–Crippen LogP) is 1.88. The molecule has 8 nitrogen and oxygen atoms in total. The Balaban J connectivity index is 1.47. The number of halogens is 1. The molecule has 0 aliphatic carbocycles. The SMILES string of the molecule is O=C(CCNS(=O)(=O)c1cccc(Cl)c1)Nc1ccc(N2CCOCC2)nc1. The lowest BCUT2D eigenvalue weighted by Crippen LogP contribution is -2.36. The largest absolute Gasteiger partial charge is 0.378 e. The van der Waals surface area contributed by atoms with Crippen molar-refractivity contribution in [1.82, 2.24) is 9.71 Å². The number of aromatic nitrogens is 1. The third kappa shape index (κ3) is 5.65. The lowest BCUT2D eigenvalue weighted by molar-refractivity contribution is -0.116. The second-order valence-electron chi connectivity index (χ2n) is 6.16. The Morgan fingerprint density at radius 2 is 2.00 bits per heavy atom. The van der Waals surface area contributed by atoms with Crippen LogP contribution >= 0.6 is 11.6 Å². The molecule has 1 fully saturated rings. The van der Waals surface area contributed by atoms with E-state index in [-0.39, 0.29) is 23.8 Å². The summed E-state index contributed by atoms with van der Waals surface area (Å²) in [5, 5.41) is 3.03. The lowest BCUT2D eigenvalue weighted by atomic mass is 10.3. The molecule has 1 aliphatic heterocycles. The quantitative estimate of drug-likeness (QED) is 0.703. The molecule has 3 rings (SSSR count). The van der Waals surface area contributed by atoms with E-state index in [0.717, 1.165) is 18.9 Å². The van der Waals surface area contributed by atoms with E-state index in [0.29, 0.717) is 23.9 Å². The maximum absolute atomic E-state index is 12.2. The first-order valence-electron chi connectivity index (χ1n) is 8.78. The second-order valence-corrected chi connectivity index (χ2v) is 8.36. The molecule has 0 spiro atoms. The molecular weight excluding hydrogens is 404 g/mol. The summed E-state index contributed by atoms with van der Waals surface area (Å²) >= 11 is 5.81. The molecule has 150 valence electrons. The Morgan fingerprint density at radius 3 is 2.68 bits per heavy atom. The number of carbonyl (C=O) groups is 1. The highest BCUT2D eigenvalue weighted by Crippen LogP contribution is 2.16. The van der Waals surface area contributed by atoms with Gasteiger partial charge in [-0.15, -0.1) is 0 Å². The van der Waals surface area contributed by atoms with E-state index < -0.39 is 10.0 Å². The molecule has 2 aromatic rings. The van der Waals surface area contributed by atoms with Crippen molar-refractivity contribution < 1.29 is 17.9 Å². The number of ether oxygens (including phenoxy) is 1. The number of hydrogen-bond donors (Lipinski definition) is 2. The van der Waals surface area contributed by atoms with E-state index in [1.165, 1.54) is 12.1 Å². The summed E-state index contributed by atoms with van der Waals surface area (Å²) in [6.07, 6.45) is 1.57. The fourth-order valence-corrected chi connectivity index (χ4v) is 4.01. The first-order chi connectivity index (χ1) is 13.4. The van der Waals surface area contributed by atoms with Gasteiger partial charge in [-0.1, -0.05) is 17.7 Å². The number of nitrogens with zero attached hydrogens (tertiary/aromatic N) is 2. The molecule has 28 heavy (non-hydrogen) atoms. The average Bonchev–Trinajstić information content (AvgIpc) is 2.69. The molecule has 1 saturated heterocycles. The summed E-state index contributed by atoms with van der Waals surface area (Å²) in [4.78, 5) is 18.6. The molecule has 0 radical (unpaired) electrons. The molecule has 0 bridgehead atoms. The first-order valence-corrected chi connectivity index (χ1v) is 10.6. The highest BCUT2D eigenvalue weighted by atomic mass is 35.5. The minimum Gasteiger partial charge on any atom is -0.378 e. The van der Waals surface area contributed by atoms with E-state index in [4.69, 9.17) is 16.3 Å². The van der Waals surface area contributed by atoms with Crippen molar-refractivity contribution in [2.24, 2.45) is 0 Å². The molecule has 10 heteroatoms. The second kappa shape index (κ2) is 9.33. The number of rotatable bonds is 7. The topological polar surface area (TPSA) is 101 Å². The van der Waals surface area contributed by atoms with Gasteiger partial charge in [-0.2, -0.15) is 0 Å². The third-order valence-corrected chi connectivity index (χ3v) is 5.81. The fourth-order valence-electron chi connectivity index (χ4n) is 2.68. The van der Waals surface area contributed by atoms with Crippen LogP contribution < -0.4 is 14.9 Å². The number of pyridine rings is 1. The molecule has 2 N–H and O–H groups in total. The maximum Gasteiger partial charge on any atom is 0.240 e. The van der Waals surface area contributed by atoms with Crippen molar-refractivity contribution in [2.75, 3.05) is 43.1 Å². The van der Waals surface area contributed by atoms with Crippen LogP contribution in [0.3, 0.4) is 0 Å². The van der Waals surface area contributed by atoms with Crippen molar-refractivity contribution in [3.8, 4) is 0 Å². The summed E-state index contributed by atoms with van der Waals surface area (Å²) in [6.45, 7) is 2.88. The van der Waals surface area contributed by atoms with Crippen LogP contribution in [0.4, 0.5) is 11.5 Å². The zero-order chi connectivity index (χ0) is 20.0. The zero-order valence-electron chi connectivity index (χ0n) is 15.1. The molecular formula is C18H21ClN4O4S. The van der Waals surface area contributed by atoms with Crippen LogP contribution in [0, 0.1) is 0 Å². The van der Waals surface area contributed by atoms with Gasteiger partial charge >= 0.3 is 0 Å². The zero-order valence-corrected chi connectivity index (χ0v) is 16.7. The standard InChI is InChI=1S/C18H21ClN4O4S/c19-14-2-1-3-16(12-14)28(25,26)21-7-6-18(24)22-15-4-5-17(20-13-15)23-8-10-27-11-9-23/h1-5,12-13,21H,6-11H2,(H,22,24). The molecule has 1 aromatic carbocycles. The van der Waals surface area contributed by atoms with Crippen LogP contribution in [-0.2, 0) is 19.6 Å². The number of anilines is 2. The average molecular weight is 425 g/mol. The molecule has 0 unspecified atom stereocenters. The minimum absolute atomic E-state index is 0.00892. The van der Waals surface area contributed by atoms with Gasteiger partial charge in [0.2, 0.25) is 15.9 Å². The molecule has 0 atom stereocenters. The van der Waals surface area contributed by atoms with E-state index in [1.54, 1.807) is 24.4 Å². The molecule has 1 amide bonds. The van der Waals surface area contributed by atoms with E-state index >= 15 is 0 Å². The van der Waals surface area contributed by atoms with Crippen LogP contribution in [0.5, 0.6) is 0 Å². The van der Waals surface area contributed by atoms with Crippen molar-refractivity contribution >= 4 is 39.0 Å². The third-order valence-electron chi connectivity index (χ3n) is 4.12. The molecule has 1 aromatic heterocycles. The minimum atomic E-state index is -3.71. The van der Waals surface area contributed by atoms with Crippen LogP contribution in [0.2, 0.25) is 5.02 Å². The Hall–Kier alpha value is -2.20. The van der Waals surface area contributed by atoms with Crippen LogP contribution in [0.25, 0.3) is 0 Å². The van der Waals surface area contributed by atoms with Gasteiger partial charge in [0.05, 0.1) is 30.0 Å². The number of hydrogen-bond acceptors (Lipinski definition) is 6. The summed E-state index contributed by atoms with van der Waals surface area (Å²) in [7, 11) is -3.71. The maximum atomic E-state index is 12.2. The summed E-state index contributed by atoms with van der Waals surface area (Å²) in [5.74, 6) is 0.519. The normalized spacial score (nSPS) is 14.7.